The van der Waals surface area contributed by atoms with Crippen LogP contribution in [0.5, 0.6) is 0 Å². The fraction of sp³-hybridized carbons (Fsp3) is 0.273. The minimum atomic E-state index is -0.417. The van der Waals surface area contributed by atoms with Gasteiger partial charge in [-0.25, -0.2) is 10.9 Å². The molecule has 0 fully saturated rings. The Bertz CT molecular complexity index is 725. The number of hydrazone groups is 2. The second-order valence-corrected chi connectivity index (χ2v) is 6.23. The van der Waals surface area contributed by atoms with Crippen LogP contribution in [-0.2, 0) is 27.2 Å². The quantitative estimate of drug-likeness (QED) is 0.428. The Kier molecular flexibility index (Phi) is 10.4. The van der Waals surface area contributed by atoms with E-state index in [2.05, 4.69) is 21.1 Å². The lowest BCUT2D eigenvalue weighted by molar-refractivity contribution is -0.130. The van der Waals surface area contributed by atoms with Gasteiger partial charge < -0.3 is 4.74 Å². The summed E-state index contributed by atoms with van der Waals surface area (Å²) in [7, 11) is 0. The summed E-state index contributed by atoms with van der Waals surface area (Å²) in [5.41, 5.74) is 7.15. The number of carbonyl (C=O) groups is 2. The zero-order valence-corrected chi connectivity index (χ0v) is 16.3. The van der Waals surface area contributed by atoms with Gasteiger partial charge in [0, 0.05) is 12.4 Å². The topological polar surface area (TPSA) is 92.2 Å². The summed E-state index contributed by atoms with van der Waals surface area (Å²) in [5.74, 6) is -0.833. The molecule has 0 saturated heterocycles. The minimum Gasteiger partial charge on any atom is -0.362 e. The molecule has 0 aromatic heterocycles. The van der Waals surface area contributed by atoms with Crippen molar-refractivity contribution in [1.82, 2.24) is 10.9 Å². The van der Waals surface area contributed by atoms with Gasteiger partial charge in [-0.3, -0.25) is 9.59 Å². The van der Waals surface area contributed by atoms with E-state index in [1.807, 2.05) is 60.7 Å². The number of aryl methyl sites for hydroxylation is 2. The molecule has 0 bridgehead atoms. The molecule has 0 unspecified atom stereocenters. The van der Waals surface area contributed by atoms with E-state index >= 15 is 0 Å². The van der Waals surface area contributed by atoms with Crippen molar-refractivity contribution < 1.29 is 14.3 Å². The van der Waals surface area contributed by atoms with Crippen LogP contribution in [0.25, 0.3) is 0 Å². The fourth-order valence-electron chi connectivity index (χ4n) is 2.42. The van der Waals surface area contributed by atoms with Crippen LogP contribution < -0.4 is 10.9 Å². The van der Waals surface area contributed by atoms with Gasteiger partial charge in [0.15, 0.2) is 0 Å². The van der Waals surface area contributed by atoms with Crippen LogP contribution in [-0.4, -0.2) is 37.5 Å². The minimum absolute atomic E-state index is 0.249. The highest BCUT2D eigenvalue weighted by Gasteiger charge is 2.03. The Labute approximate surface area is 170 Å². The van der Waals surface area contributed by atoms with Gasteiger partial charge in [-0.2, -0.15) is 10.2 Å². The number of hydrogen-bond acceptors (Lipinski definition) is 5. The number of nitrogens with one attached hydrogen (secondary N) is 2. The molecular weight excluding hydrogens is 368 g/mol. The van der Waals surface area contributed by atoms with E-state index in [0.29, 0.717) is 0 Å². The monoisotopic (exact) mass is 394 g/mol. The summed E-state index contributed by atoms with van der Waals surface area (Å²) in [6.07, 6.45) is 6.42. The Balaban J connectivity index is 1.47. The van der Waals surface area contributed by atoms with Crippen molar-refractivity contribution in [3.8, 4) is 0 Å². The molecule has 0 atom stereocenters. The predicted molar refractivity (Wildman–Crippen MR) is 114 cm³/mol. The average Bonchev–Trinajstić information content (AvgIpc) is 2.75. The first-order valence-corrected chi connectivity index (χ1v) is 9.50. The van der Waals surface area contributed by atoms with Crippen molar-refractivity contribution in [2.24, 2.45) is 10.2 Å². The number of rotatable bonds is 12. The van der Waals surface area contributed by atoms with E-state index in [1.54, 1.807) is 12.4 Å². The van der Waals surface area contributed by atoms with Crippen LogP contribution in [0.2, 0.25) is 0 Å². The molecule has 0 heterocycles. The lowest BCUT2D eigenvalue weighted by atomic mass is 10.1. The third-order valence-electron chi connectivity index (χ3n) is 3.84. The van der Waals surface area contributed by atoms with Gasteiger partial charge in [-0.05, 0) is 36.8 Å². The fourth-order valence-corrected chi connectivity index (χ4v) is 2.42. The molecule has 0 aliphatic carbocycles. The molecule has 0 aliphatic rings. The third-order valence-corrected chi connectivity index (χ3v) is 3.84. The number of ether oxygens (including phenoxy) is 1. The van der Waals surface area contributed by atoms with Gasteiger partial charge in [0.2, 0.25) is 0 Å². The molecule has 0 radical (unpaired) electrons. The van der Waals surface area contributed by atoms with E-state index in [-0.39, 0.29) is 13.2 Å². The highest BCUT2D eigenvalue weighted by atomic mass is 16.5. The molecule has 152 valence electrons. The smallest absolute Gasteiger partial charge is 0.266 e. The molecule has 29 heavy (non-hydrogen) atoms. The Morgan fingerprint density at radius 2 is 1.14 bits per heavy atom. The standard InChI is InChI=1S/C22H26N4O3/c27-21(25-23-15-7-13-19-9-3-1-4-10-19)17-29-18-22(28)26-24-16-8-14-20-11-5-2-6-12-20/h1-6,9-12,15-16H,7-8,13-14,17-18H2,(H,25,27)(H,26,28)/b23-15+,24-16+. The molecule has 0 aliphatic heterocycles. The Morgan fingerprint density at radius 3 is 1.55 bits per heavy atom. The average molecular weight is 394 g/mol. The summed E-state index contributed by atoms with van der Waals surface area (Å²) in [6.45, 7) is -0.498. The molecule has 2 N–H and O–H groups in total. The molecular formula is C22H26N4O3. The first-order chi connectivity index (χ1) is 14.2. The lowest BCUT2D eigenvalue weighted by Gasteiger charge is -2.02. The van der Waals surface area contributed by atoms with E-state index < -0.39 is 11.8 Å². The van der Waals surface area contributed by atoms with Gasteiger partial charge in [-0.1, -0.05) is 60.7 Å². The van der Waals surface area contributed by atoms with Gasteiger partial charge in [0.1, 0.15) is 13.2 Å². The highest BCUT2D eigenvalue weighted by Crippen LogP contribution is 2.01. The van der Waals surface area contributed by atoms with Crippen LogP contribution >= 0.6 is 0 Å². The van der Waals surface area contributed by atoms with Crippen LogP contribution in [0, 0.1) is 0 Å². The second kappa shape index (κ2) is 13.8. The number of nitrogens with zero attached hydrogens (tertiary/aromatic N) is 2. The summed E-state index contributed by atoms with van der Waals surface area (Å²) in [5, 5.41) is 7.70. The van der Waals surface area contributed by atoms with Crippen LogP contribution in [0.1, 0.15) is 24.0 Å². The van der Waals surface area contributed by atoms with Crippen LogP contribution in [0.4, 0.5) is 0 Å². The second-order valence-electron chi connectivity index (χ2n) is 6.23. The zero-order chi connectivity index (χ0) is 20.6. The SMILES string of the molecule is O=C(COCC(=O)N/N=C/CCc1ccccc1)N/N=C/CCc1ccccc1. The molecule has 2 rings (SSSR count). The van der Waals surface area contributed by atoms with Crippen LogP contribution in [0.15, 0.2) is 70.9 Å². The van der Waals surface area contributed by atoms with Crippen molar-refractivity contribution in [2.75, 3.05) is 13.2 Å². The molecule has 0 spiro atoms. The summed E-state index contributed by atoms with van der Waals surface area (Å²) in [4.78, 5) is 23.2. The predicted octanol–water partition coefficient (Wildman–Crippen LogP) is 2.47. The Morgan fingerprint density at radius 1 is 0.724 bits per heavy atom. The maximum atomic E-state index is 11.6. The number of benzene rings is 2. The molecule has 2 amide bonds. The molecule has 7 nitrogen and oxygen atoms in total. The van der Waals surface area contributed by atoms with Gasteiger partial charge in [0.25, 0.3) is 11.8 Å². The number of carbonyl (C=O) groups excluding carboxylic acids is 2. The third kappa shape index (κ3) is 10.6. The molecule has 0 saturated carbocycles. The number of amides is 2. The van der Waals surface area contributed by atoms with Gasteiger partial charge >= 0.3 is 0 Å². The maximum Gasteiger partial charge on any atom is 0.266 e. The van der Waals surface area contributed by atoms with Crippen molar-refractivity contribution in [3.63, 3.8) is 0 Å². The number of hydrogen-bond donors (Lipinski definition) is 2. The van der Waals surface area contributed by atoms with Crippen LogP contribution in [0.3, 0.4) is 0 Å². The van der Waals surface area contributed by atoms with E-state index in [9.17, 15) is 9.59 Å². The van der Waals surface area contributed by atoms with Crippen molar-refractivity contribution in [1.29, 1.82) is 0 Å². The first kappa shape index (κ1) is 22.0. The molecule has 2 aromatic rings. The lowest BCUT2D eigenvalue weighted by Crippen LogP contribution is -2.28. The Hall–Kier alpha value is -3.32. The summed E-state index contributed by atoms with van der Waals surface area (Å²) < 4.78 is 5.04. The van der Waals surface area contributed by atoms with Crippen molar-refractivity contribution in [2.45, 2.75) is 25.7 Å². The van der Waals surface area contributed by atoms with E-state index in [1.165, 1.54) is 11.1 Å². The summed E-state index contributed by atoms with van der Waals surface area (Å²) >= 11 is 0. The largest absolute Gasteiger partial charge is 0.362 e. The maximum absolute atomic E-state index is 11.6. The highest BCUT2D eigenvalue weighted by molar-refractivity contribution is 5.80. The molecule has 2 aromatic carbocycles. The molecule has 7 heteroatoms. The van der Waals surface area contributed by atoms with Gasteiger partial charge in [-0.15, -0.1) is 0 Å². The van der Waals surface area contributed by atoms with E-state index in [0.717, 1.165) is 25.7 Å². The normalized spacial score (nSPS) is 11.0. The van der Waals surface area contributed by atoms with E-state index in [4.69, 9.17) is 4.74 Å². The zero-order valence-electron chi connectivity index (χ0n) is 16.3. The van der Waals surface area contributed by atoms with Crippen molar-refractivity contribution >= 4 is 24.2 Å². The first-order valence-electron chi connectivity index (χ1n) is 9.50. The summed E-state index contributed by atoms with van der Waals surface area (Å²) in [6, 6.07) is 20.0. The van der Waals surface area contributed by atoms with Gasteiger partial charge in [0.05, 0.1) is 0 Å². The van der Waals surface area contributed by atoms with Crippen molar-refractivity contribution in [3.05, 3.63) is 71.8 Å².